The highest BCUT2D eigenvalue weighted by molar-refractivity contribution is 9.10. The summed E-state index contributed by atoms with van der Waals surface area (Å²) in [4.78, 5) is 4.26. The largest absolute Gasteiger partial charge is 0.388 e. The lowest BCUT2D eigenvalue weighted by Gasteiger charge is -2.02. The average molecular weight is 288 g/mol. The second kappa shape index (κ2) is 6.85. The lowest BCUT2D eigenvalue weighted by Crippen LogP contribution is -2.08. The van der Waals surface area contributed by atoms with Crippen molar-refractivity contribution < 1.29 is 0 Å². The SMILES string of the molecule is N=C(N)CCCCSc1ncccc1Br. The third-order valence-corrected chi connectivity index (χ3v) is 3.80. The van der Waals surface area contributed by atoms with Crippen molar-refractivity contribution in [3.8, 4) is 0 Å². The first-order valence-electron chi connectivity index (χ1n) is 4.76. The fourth-order valence-electron chi connectivity index (χ4n) is 1.06. The Kier molecular flexibility index (Phi) is 5.71. The number of nitrogens with one attached hydrogen (secondary N) is 1. The first kappa shape index (κ1) is 12.5. The zero-order valence-corrected chi connectivity index (χ0v) is 10.8. The van der Waals surface area contributed by atoms with Crippen LogP contribution in [0.4, 0.5) is 0 Å². The van der Waals surface area contributed by atoms with Gasteiger partial charge >= 0.3 is 0 Å². The minimum atomic E-state index is 0.277. The van der Waals surface area contributed by atoms with E-state index in [9.17, 15) is 0 Å². The van der Waals surface area contributed by atoms with Gasteiger partial charge in [0.25, 0.3) is 0 Å². The summed E-state index contributed by atoms with van der Waals surface area (Å²) in [5.41, 5.74) is 5.27. The Morgan fingerprint density at radius 3 is 3.00 bits per heavy atom. The van der Waals surface area contributed by atoms with Crippen LogP contribution in [-0.2, 0) is 0 Å². The van der Waals surface area contributed by atoms with Gasteiger partial charge in [0.2, 0.25) is 0 Å². The van der Waals surface area contributed by atoms with E-state index in [1.807, 2.05) is 12.1 Å². The summed E-state index contributed by atoms with van der Waals surface area (Å²) in [6, 6.07) is 3.90. The molecule has 0 unspecified atom stereocenters. The molecule has 0 bridgehead atoms. The van der Waals surface area contributed by atoms with Gasteiger partial charge in [0.05, 0.1) is 5.84 Å². The van der Waals surface area contributed by atoms with Crippen molar-refractivity contribution in [3.05, 3.63) is 22.8 Å². The molecular formula is C10H14BrN3S. The third-order valence-electron chi connectivity index (χ3n) is 1.80. The van der Waals surface area contributed by atoms with Crippen molar-refractivity contribution in [1.29, 1.82) is 5.41 Å². The summed E-state index contributed by atoms with van der Waals surface area (Å²) in [7, 11) is 0. The number of amidine groups is 1. The Morgan fingerprint density at radius 2 is 2.33 bits per heavy atom. The van der Waals surface area contributed by atoms with Gasteiger partial charge < -0.3 is 5.73 Å². The Labute approximate surface area is 102 Å². The normalized spacial score (nSPS) is 10.2. The molecule has 0 aliphatic rings. The predicted octanol–water partition coefficient (Wildman–Crippen LogP) is 3.04. The van der Waals surface area contributed by atoms with Crippen LogP contribution in [0.5, 0.6) is 0 Å². The standard InChI is InChI=1S/C10H14BrN3S/c11-8-4-3-6-14-10(8)15-7-2-1-5-9(12)13/h3-4,6H,1-2,5,7H2,(H3,12,13). The average Bonchev–Trinajstić information content (AvgIpc) is 2.20. The summed E-state index contributed by atoms with van der Waals surface area (Å²) < 4.78 is 1.04. The lowest BCUT2D eigenvalue weighted by molar-refractivity contribution is 0.835. The summed E-state index contributed by atoms with van der Waals surface area (Å²) in [6.07, 6.45) is 4.53. The molecule has 0 radical (unpaired) electrons. The molecule has 0 saturated heterocycles. The Balaban J connectivity index is 2.21. The summed E-state index contributed by atoms with van der Waals surface area (Å²) in [6.45, 7) is 0. The highest BCUT2D eigenvalue weighted by Gasteiger charge is 2.00. The van der Waals surface area contributed by atoms with Crippen molar-refractivity contribution in [2.45, 2.75) is 24.3 Å². The third kappa shape index (κ3) is 5.18. The number of nitrogens with zero attached hydrogens (tertiary/aromatic N) is 1. The molecule has 82 valence electrons. The van der Waals surface area contributed by atoms with Gasteiger partial charge in [-0.3, -0.25) is 5.41 Å². The van der Waals surface area contributed by atoms with Crippen LogP contribution in [0, 0.1) is 5.41 Å². The highest BCUT2D eigenvalue weighted by atomic mass is 79.9. The topological polar surface area (TPSA) is 62.8 Å². The molecule has 1 heterocycles. The molecule has 0 fully saturated rings. The maximum atomic E-state index is 7.08. The second-order valence-corrected chi connectivity index (χ2v) is 5.06. The number of pyridine rings is 1. The molecule has 1 aromatic rings. The summed E-state index contributed by atoms with van der Waals surface area (Å²) in [5, 5.41) is 8.11. The molecule has 1 rings (SSSR count). The Hall–Kier alpha value is -0.550. The number of thioether (sulfide) groups is 1. The van der Waals surface area contributed by atoms with Gasteiger partial charge in [-0.2, -0.15) is 0 Å². The maximum absolute atomic E-state index is 7.08. The van der Waals surface area contributed by atoms with Crippen LogP contribution in [0.3, 0.4) is 0 Å². The quantitative estimate of drug-likeness (QED) is 0.366. The molecule has 0 aliphatic carbocycles. The number of nitrogens with two attached hydrogens (primary N) is 1. The van der Waals surface area contributed by atoms with Crippen molar-refractivity contribution >= 4 is 33.5 Å². The van der Waals surface area contributed by atoms with Crippen molar-refractivity contribution in [2.75, 3.05) is 5.75 Å². The van der Waals surface area contributed by atoms with Gasteiger partial charge in [-0.05, 0) is 46.7 Å². The molecule has 0 aliphatic heterocycles. The molecule has 5 heteroatoms. The van der Waals surface area contributed by atoms with Gasteiger partial charge in [-0.15, -0.1) is 11.8 Å². The molecule has 3 nitrogen and oxygen atoms in total. The number of unbranched alkanes of at least 4 members (excludes halogenated alkanes) is 1. The van der Waals surface area contributed by atoms with Gasteiger partial charge in [-0.1, -0.05) is 0 Å². The number of hydrogen-bond acceptors (Lipinski definition) is 3. The maximum Gasteiger partial charge on any atom is 0.110 e. The molecule has 0 aromatic carbocycles. The first-order chi connectivity index (χ1) is 7.20. The first-order valence-corrected chi connectivity index (χ1v) is 6.54. The molecule has 0 saturated carbocycles. The van der Waals surface area contributed by atoms with E-state index in [1.165, 1.54) is 0 Å². The molecule has 0 spiro atoms. The number of rotatable bonds is 6. The monoisotopic (exact) mass is 287 g/mol. The van der Waals surface area contributed by atoms with Crippen LogP contribution in [0.2, 0.25) is 0 Å². The zero-order chi connectivity index (χ0) is 11.1. The van der Waals surface area contributed by atoms with E-state index in [2.05, 4.69) is 20.9 Å². The number of halogens is 1. The van der Waals surface area contributed by atoms with E-state index in [0.29, 0.717) is 6.42 Å². The summed E-state index contributed by atoms with van der Waals surface area (Å²) in [5.74, 6) is 1.29. The number of aromatic nitrogens is 1. The lowest BCUT2D eigenvalue weighted by atomic mass is 10.2. The van der Waals surface area contributed by atoms with Crippen molar-refractivity contribution in [3.63, 3.8) is 0 Å². The van der Waals surface area contributed by atoms with Gasteiger partial charge in [-0.25, -0.2) is 4.98 Å². The van der Waals surface area contributed by atoms with Gasteiger partial charge in [0.1, 0.15) is 5.03 Å². The van der Waals surface area contributed by atoms with Crippen LogP contribution >= 0.6 is 27.7 Å². The fraction of sp³-hybridized carbons (Fsp3) is 0.400. The molecule has 0 atom stereocenters. The highest BCUT2D eigenvalue weighted by Crippen LogP contribution is 2.25. The van der Waals surface area contributed by atoms with Crippen molar-refractivity contribution in [1.82, 2.24) is 4.98 Å². The van der Waals surface area contributed by atoms with Crippen LogP contribution < -0.4 is 5.73 Å². The Bertz CT molecular complexity index is 330. The van der Waals surface area contributed by atoms with Crippen molar-refractivity contribution in [2.24, 2.45) is 5.73 Å². The van der Waals surface area contributed by atoms with Crippen LogP contribution in [0.25, 0.3) is 0 Å². The van der Waals surface area contributed by atoms with Crippen LogP contribution in [0.15, 0.2) is 27.8 Å². The smallest absolute Gasteiger partial charge is 0.110 e. The zero-order valence-electron chi connectivity index (χ0n) is 8.37. The van der Waals surface area contributed by atoms with Crippen LogP contribution in [0.1, 0.15) is 19.3 Å². The van der Waals surface area contributed by atoms with Gasteiger partial charge in [0.15, 0.2) is 0 Å². The second-order valence-electron chi connectivity index (χ2n) is 3.12. The van der Waals surface area contributed by atoms with E-state index in [4.69, 9.17) is 11.1 Å². The predicted molar refractivity (Wildman–Crippen MR) is 68.4 cm³/mol. The van der Waals surface area contributed by atoms with E-state index in [-0.39, 0.29) is 5.84 Å². The molecule has 15 heavy (non-hydrogen) atoms. The fourth-order valence-corrected chi connectivity index (χ4v) is 2.55. The molecule has 0 amide bonds. The minimum absolute atomic E-state index is 0.277. The van der Waals surface area contributed by atoms with E-state index in [1.54, 1.807) is 18.0 Å². The number of hydrogen-bond donors (Lipinski definition) is 2. The van der Waals surface area contributed by atoms with Gasteiger partial charge in [0, 0.05) is 17.1 Å². The summed E-state index contributed by atoms with van der Waals surface area (Å²) >= 11 is 5.18. The van der Waals surface area contributed by atoms with E-state index < -0.39 is 0 Å². The molecule has 1 aromatic heterocycles. The van der Waals surface area contributed by atoms with E-state index in [0.717, 1.165) is 28.1 Å². The molecular weight excluding hydrogens is 274 g/mol. The van der Waals surface area contributed by atoms with Crippen LogP contribution in [-0.4, -0.2) is 16.6 Å². The minimum Gasteiger partial charge on any atom is -0.388 e. The Morgan fingerprint density at radius 1 is 1.53 bits per heavy atom. The molecule has 3 N–H and O–H groups in total. The van der Waals surface area contributed by atoms with E-state index >= 15 is 0 Å².